The predicted octanol–water partition coefficient (Wildman–Crippen LogP) is 2.57. The van der Waals surface area contributed by atoms with Gasteiger partial charge in [0.25, 0.3) is 5.91 Å². The number of para-hydroxylation sites is 1. The van der Waals surface area contributed by atoms with Crippen molar-refractivity contribution in [3.63, 3.8) is 0 Å². The van der Waals surface area contributed by atoms with E-state index in [1.807, 2.05) is 0 Å². The van der Waals surface area contributed by atoms with Crippen molar-refractivity contribution in [2.45, 2.75) is 20.3 Å². The van der Waals surface area contributed by atoms with Crippen molar-refractivity contribution in [2.75, 3.05) is 17.2 Å². The highest BCUT2D eigenvalue weighted by molar-refractivity contribution is 6.04. The third-order valence-electron chi connectivity index (χ3n) is 3.57. The molecule has 0 aliphatic rings. The van der Waals surface area contributed by atoms with Crippen LogP contribution in [0.4, 0.5) is 11.4 Å². The van der Waals surface area contributed by atoms with Gasteiger partial charge in [0.2, 0.25) is 5.91 Å². The molecule has 2 aromatic carbocycles. The lowest BCUT2D eigenvalue weighted by atomic mass is 10.1. The molecule has 0 aliphatic carbocycles. The molecule has 0 saturated carbocycles. The lowest BCUT2D eigenvalue weighted by Crippen LogP contribution is -2.22. The van der Waals surface area contributed by atoms with Gasteiger partial charge in [0.1, 0.15) is 0 Å². The molecular formula is C20H20N2O5. The molecule has 0 heterocycles. The van der Waals surface area contributed by atoms with Crippen molar-refractivity contribution < 1.29 is 23.9 Å². The molecule has 0 atom stereocenters. The second-order valence-electron chi connectivity index (χ2n) is 5.87. The summed E-state index contributed by atoms with van der Waals surface area (Å²) >= 11 is 0. The van der Waals surface area contributed by atoms with E-state index in [-0.39, 0.29) is 18.1 Å². The number of anilines is 2. The van der Waals surface area contributed by atoms with Crippen molar-refractivity contribution in [3.05, 3.63) is 59.7 Å². The van der Waals surface area contributed by atoms with Crippen LogP contribution in [0.2, 0.25) is 0 Å². The molecule has 140 valence electrons. The quantitative estimate of drug-likeness (QED) is 0.578. The fourth-order valence-corrected chi connectivity index (χ4v) is 2.36. The Morgan fingerprint density at radius 3 is 2.19 bits per heavy atom. The molecule has 0 fully saturated rings. The largest absolute Gasteiger partial charge is 0.455 e. The first-order valence-electron chi connectivity index (χ1n) is 8.27. The molecule has 2 rings (SSSR count). The minimum atomic E-state index is -0.558. The van der Waals surface area contributed by atoms with Crippen LogP contribution in [-0.2, 0) is 25.5 Å². The minimum absolute atomic E-state index is 0.00232. The van der Waals surface area contributed by atoms with Gasteiger partial charge in [-0.25, -0.2) is 0 Å². The first-order valence-corrected chi connectivity index (χ1v) is 8.27. The van der Waals surface area contributed by atoms with Gasteiger partial charge in [-0.3, -0.25) is 19.2 Å². The number of esters is 1. The second-order valence-corrected chi connectivity index (χ2v) is 5.87. The topological polar surface area (TPSA) is 102 Å². The molecule has 2 N–H and O–H groups in total. The van der Waals surface area contributed by atoms with Gasteiger partial charge in [0, 0.05) is 18.2 Å². The van der Waals surface area contributed by atoms with E-state index in [1.165, 1.54) is 13.8 Å². The molecule has 0 aliphatic heterocycles. The fraction of sp³-hybridized carbons (Fsp3) is 0.200. The van der Waals surface area contributed by atoms with E-state index in [4.69, 9.17) is 4.74 Å². The Kier molecular flexibility index (Phi) is 6.82. The van der Waals surface area contributed by atoms with E-state index in [0.29, 0.717) is 22.5 Å². The van der Waals surface area contributed by atoms with E-state index in [1.54, 1.807) is 48.5 Å². The van der Waals surface area contributed by atoms with Crippen molar-refractivity contribution in [1.82, 2.24) is 0 Å². The Balaban J connectivity index is 1.84. The normalized spacial score (nSPS) is 10.0. The van der Waals surface area contributed by atoms with E-state index >= 15 is 0 Å². The maximum Gasteiger partial charge on any atom is 0.310 e. The maximum absolute atomic E-state index is 12.0. The van der Waals surface area contributed by atoms with Crippen LogP contribution in [0.1, 0.15) is 29.8 Å². The minimum Gasteiger partial charge on any atom is -0.455 e. The lowest BCUT2D eigenvalue weighted by Gasteiger charge is -2.09. The second kappa shape index (κ2) is 9.28. The average Bonchev–Trinajstić information content (AvgIpc) is 2.61. The maximum atomic E-state index is 12.0. The summed E-state index contributed by atoms with van der Waals surface area (Å²) in [5, 5.41) is 5.19. The Morgan fingerprint density at radius 1 is 0.889 bits per heavy atom. The number of carbonyl (C=O) groups is 4. The lowest BCUT2D eigenvalue weighted by molar-refractivity contribution is -0.146. The number of rotatable bonds is 7. The van der Waals surface area contributed by atoms with Crippen molar-refractivity contribution in [1.29, 1.82) is 0 Å². The van der Waals surface area contributed by atoms with Gasteiger partial charge in [0.15, 0.2) is 12.4 Å². The van der Waals surface area contributed by atoms with Gasteiger partial charge in [-0.1, -0.05) is 24.3 Å². The molecule has 0 radical (unpaired) electrons. The summed E-state index contributed by atoms with van der Waals surface area (Å²) in [5.74, 6) is -1.44. The van der Waals surface area contributed by atoms with Gasteiger partial charge in [0.05, 0.1) is 12.1 Å². The summed E-state index contributed by atoms with van der Waals surface area (Å²) in [4.78, 5) is 46.3. The van der Waals surface area contributed by atoms with Crippen LogP contribution in [0.3, 0.4) is 0 Å². The van der Waals surface area contributed by atoms with E-state index in [2.05, 4.69) is 10.6 Å². The smallest absolute Gasteiger partial charge is 0.310 e. The zero-order chi connectivity index (χ0) is 19.8. The number of carbonyl (C=O) groups excluding carboxylic acids is 4. The molecule has 2 aromatic rings. The number of hydrogen-bond donors (Lipinski definition) is 2. The SMILES string of the molecule is CC(=O)Nc1ccc(CC(=O)OCC(=O)Nc2ccccc2C(C)=O)cc1. The van der Waals surface area contributed by atoms with Crippen LogP contribution in [-0.4, -0.2) is 30.2 Å². The first-order chi connectivity index (χ1) is 12.8. The number of ketones is 1. The van der Waals surface area contributed by atoms with Gasteiger partial charge >= 0.3 is 5.97 Å². The van der Waals surface area contributed by atoms with Crippen molar-refractivity contribution in [3.8, 4) is 0 Å². The van der Waals surface area contributed by atoms with Crippen LogP contribution in [0.25, 0.3) is 0 Å². The number of benzene rings is 2. The van der Waals surface area contributed by atoms with Gasteiger partial charge in [-0.2, -0.15) is 0 Å². The molecule has 0 aromatic heterocycles. The summed E-state index contributed by atoms with van der Waals surface area (Å²) in [7, 11) is 0. The van der Waals surface area contributed by atoms with Gasteiger partial charge < -0.3 is 15.4 Å². The summed E-state index contributed by atoms with van der Waals surface area (Å²) in [6, 6.07) is 13.3. The highest BCUT2D eigenvalue weighted by Gasteiger charge is 2.12. The highest BCUT2D eigenvalue weighted by Crippen LogP contribution is 2.15. The molecule has 0 unspecified atom stereocenters. The third kappa shape index (κ3) is 6.39. The number of ether oxygens (including phenoxy) is 1. The number of nitrogens with one attached hydrogen (secondary N) is 2. The van der Waals surface area contributed by atoms with Gasteiger partial charge in [-0.05, 0) is 36.8 Å². The summed E-state index contributed by atoms with van der Waals surface area (Å²) in [5.41, 5.74) is 2.08. The standard InChI is InChI=1S/C20H20N2O5/c1-13(23)17-5-3-4-6-18(17)22-19(25)12-27-20(26)11-15-7-9-16(10-8-15)21-14(2)24/h3-10H,11-12H2,1-2H3,(H,21,24)(H,22,25). The Labute approximate surface area is 156 Å². The summed E-state index contributed by atoms with van der Waals surface area (Å²) in [6.07, 6.45) is -0.00232. The molecule has 0 bridgehead atoms. The van der Waals surface area contributed by atoms with E-state index < -0.39 is 18.5 Å². The number of Topliss-reactive ketones (excluding diaryl/α,β-unsaturated/α-hetero) is 1. The molecule has 2 amide bonds. The zero-order valence-electron chi connectivity index (χ0n) is 15.1. The molecule has 0 saturated heterocycles. The summed E-state index contributed by atoms with van der Waals surface area (Å²) < 4.78 is 4.97. The molecule has 7 nitrogen and oxygen atoms in total. The average molecular weight is 368 g/mol. The van der Waals surface area contributed by atoms with Crippen LogP contribution >= 0.6 is 0 Å². The number of hydrogen-bond acceptors (Lipinski definition) is 5. The predicted molar refractivity (Wildman–Crippen MR) is 100 cm³/mol. The van der Waals surface area contributed by atoms with Crippen LogP contribution in [0, 0.1) is 0 Å². The Morgan fingerprint density at radius 2 is 1.56 bits per heavy atom. The zero-order valence-corrected chi connectivity index (χ0v) is 15.1. The molecule has 7 heteroatoms. The van der Waals surface area contributed by atoms with Gasteiger partial charge in [-0.15, -0.1) is 0 Å². The third-order valence-corrected chi connectivity index (χ3v) is 3.57. The van der Waals surface area contributed by atoms with Crippen LogP contribution < -0.4 is 10.6 Å². The highest BCUT2D eigenvalue weighted by atomic mass is 16.5. The first kappa shape index (κ1) is 19.8. The Hall–Kier alpha value is -3.48. The van der Waals surface area contributed by atoms with Crippen LogP contribution in [0.15, 0.2) is 48.5 Å². The monoisotopic (exact) mass is 368 g/mol. The van der Waals surface area contributed by atoms with Crippen LogP contribution in [0.5, 0.6) is 0 Å². The van der Waals surface area contributed by atoms with E-state index in [9.17, 15) is 19.2 Å². The molecule has 0 spiro atoms. The molecule has 27 heavy (non-hydrogen) atoms. The summed E-state index contributed by atoms with van der Waals surface area (Å²) in [6.45, 7) is 2.36. The van der Waals surface area contributed by atoms with Crippen molar-refractivity contribution >= 4 is 34.9 Å². The number of amides is 2. The molecular weight excluding hydrogens is 348 g/mol. The van der Waals surface area contributed by atoms with E-state index in [0.717, 1.165) is 0 Å². The fourth-order valence-electron chi connectivity index (χ4n) is 2.36. The Bertz CT molecular complexity index is 859. The van der Waals surface area contributed by atoms with Crippen molar-refractivity contribution in [2.24, 2.45) is 0 Å².